The van der Waals surface area contributed by atoms with Crippen LogP contribution in [0, 0.1) is 0 Å². The largest absolute Gasteiger partial charge is 0.465 e. The highest BCUT2D eigenvalue weighted by Gasteiger charge is 2.26. The summed E-state index contributed by atoms with van der Waals surface area (Å²) in [5.74, 6) is -0.303. The number of hydrogen-bond acceptors (Lipinski definition) is 5. The molecule has 1 unspecified atom stereocenters. The van der Waals surface area contributed by atoms with E-state index in [-0.39, 0.29) is 5.97 Å². The molecular formula is C19H22N2O2S. The van der Waals surface area contributed by atoms with Gasteiger partial charge in [0.05, 0.1) is 24.0 Å². The SMILES string of the molecule is COC(=O)c1ccc2c(c1)N(CC(C)N(C)C)c1ccccc1S2. The van der Waals surface area contributed by atoms with E-state index >= 15 is 0 Å². The summed E-state index contributed by atoms with van der Waals surface area (Å²) in [6, 6.07) is 14.6. The molecule has 2 aromatic carbocycles. The second-order valence-corrected chi connectivity index (χ2v) is 7.25. The van der Waals surface area contributed by atoms with Gasteiger partial charge in [0.25, 0.3) is 0 Å². The molecule has 0 aliphatic carbocycles. The van der Waals surface area contributed by atoms with E-state index in [1.807, 2.05) is 18.2 Å². The molecule has 24 heavy (non-hydrogen) atoms. The summed E-state index contributed by atoms with van der Waals surface area (Å²) in [6.07, 6.45) is 0. The van der Waals surface area contributed by atoms with Crippen molar-refractivity contribution in [1.29, 1.82) is 0 Å². The number of rotatable bonds is 4. The summed E-state index contributed by atoms with van der Waals surface area (Å²) in [4.78, 5) is 18.8. The fourth-order valence-corrected chi connectivity index (χ4v) is 3.77. The van der Waals surface area contributed by atoms with Gasteiger partial charge in [-0.15, -0.1) is 0 Å². The number of carbonyl (C=O) groups excluding carboxylic acids is 1. The molecule has 0 N–H and O–H groups in total. The first kappa shape index (κ1) is 16.9. The predicted octanol–water partition coefficient (Wildman–Crippen LogP) is 4.03. The zero-order valence-corrected chi connectivity index (χ0v) is 15.3. The minimum absolute atomic E-state index is 0.303. The number of benzene rings is 2. The summed E-state index contributed by atoms with van der Waals surface area (Å²) in [6.45, 7) is 3.05. The van der Waals surface area contributed by atoms with Crippen LogP contribution in [0.1, 0.15) is 17.3 Å². The van der Waals surface area contributed by atoms with E-state index in [9.17, 15) is 4.79 Å². The molecule has 0 fully saturated rings. The van der Waals surface area contributed by atoms with Crippen molar-refractivity contribution in [2.75, 3.05) is 32.6 Å². The molecule has 0 bridgehead atoms. The number of nitrogens with zero attached hydrogens (tertiary/aromatic N) is 2. The molecule has 0 aromatic heterocycles. The Labute approximate surface area is 147 Å². The van der Waals surface area contributed by atoms with Gasteiger partial charge in [0, 0.05) is 22.4 Å². The van der Waals surface area contributed by atoms with E-state index in [2.05, 4.69) is 55.1 Å². The minimum Gasteiger partial charge on any atom is -0.465 e. The maximum Gasteiger partial charge on any atom is 0.337 e. The number of esters is 1. The number of anilines is 2. The second-order valence-electron chi connectivity index (χ2n) is 6.17. The molecule has 1 atom stereocenters. The number of para-hydroxylation sites is 1. The first-order valence-electron chi connectivity index (χ1n) is 7.94. The highest BCUT2D eigenvalue weighted by atomic mass is 32.2. The number of carbonyl (C=O) groups is 1. The van der Waals surface area contributed by atoms with Crippen molar-refractivity contribution in [1.82, 2.24) is 4.90 Å². The van der Waals surface area contributed by atoms with E-state index in [0.29, 0.717) is 11.6 Å². The molecule has 3 rings (SSSR count). The Morgan fingerprint density at radius 1 is 1.17 bits per heavy atom. The van der Waals surface area contributed by atoms with Gasteiger partial charge in [0.15, 0.2) is 0 Å². The Balaban J connectivity index is 2.07. The lowest BCUT2D eigenvalue weighted by atomic mass is 10.1. The average molecular weight is 342 g/mol. The van der Waals surface area contributed by atoms with Crippen LogP contribution < -0.4 is 4.90 Å². The van der Waals surface area contributed by atoms with E-state index < -0.39 is 0 Å². The van der Waals surface area contributed by atoms with Crippen LogP contribution in [0.3, 0.4) is 0 Å². The standard InChI is InChI=1S/C19H22N2O2S/c1-13(20(2)3)12-21-15-7-5-6-8-17(15)24-18-10-9-14(11-16(18)21)19(22)23-4/h5-11,13H,12H2,1-4H3. The molecular weight excluding hydrogens is 320 g/mol. The zero-order chi connectivity index (χ0) is 17.3. The molecule has 0 radical (unpaired) electrons. The first-order chi connectivity index (χ1) is 11.5. The van der Waals surface area contributed by atoms with E-state index in [1.165, 1.54) is 17.7 Å². The van der Waals surface area contributed by atoms with Crippen LogP contribution >= 0.6 is 11.8 Å². The van der Waals surface area contributed by atoms with Gasteiger partial charge in [0.1, 0.15) is 0 Å². The number of fused-ring (bicyclic) bond motifs is 2. The smallest absolute Gasteiger partial charge is 0.337 e. The summed E-state index contributed by atoms with van der Waals surface area (Å²) >= 11 is 1.74. The van der Waals surface area contributed by atoms with Gasteiger partial charge in [-0.05, 0) is 51.4 Å². The van der Waals surface area contributed by atoms with Crippen LogP contribution in [0.4, 0.5) is 11.4 Å². The predicted molar refractivity (Wildman–Crippen MR) is 98.5 cm³/mol. The van der Waals surface area contributed by atoms with Crippen LogP contribution in [-0.4, -0.2) is 44.7 Å². The van der Waals surface area contributed by atoms with Crippen molar-refractivity contribution >= 4 is 29.1 Å². The van der Waals surface area contributed by atoms with Gasteiger partial charge in [-0.1, -0.05) is 23.9 Å². The van der Waals surface area contributed by atoms with E-state index in [4.69, 9.17) is 4.74 Å². The van der Waals surface area contributed by atoms with Crippen molar-refractivity contribution in [2.24, 2.45) is 0 Å². The van der Waals surface area contributed by atoms with Gasteiger partial charge < -0.3 is 14.5 Å². The second kappa shape index (κ2) is 6.87. The number of hydrogen-bond donors (Lipinski definition) is 0. The van der Waals surface area contributed by atoms with Crippen molar-refractivity contribution in [3.63, 3.8) is 0 Å². The van der Waals surface area contributed by atoms with Crippen molar-refractivity contribution < 1.29 is 9.53 Å². The third kappa shape index (κ3) is 3.14. The Bertz CT molecular complexity index is 761. The molecule has 126 valence electrons. The van der Waals surface area contributed by atoms with Gasteiger partial charge in [-0.25, -0.2) is 4.79 Å². The third-order valence-electron chi connectivity index (χ3n) is 4.38. The number of ether oxygens (including phenoxy) is 1. The van der Waals surface area contributed by atoms with Crippen LogP contribution in [-0.2, 0) is 4.74 Å². The maximum absolute atomic E-state index is 11.9. The summed E-state index contributed by atoms with van der Waals surface area (Å²) in [7, 11) is 5.58. The molecule has 2 aromatic rings. The molecule has 1 aliphatic rings. The highest BCUT2D eigenvalue weighted by molar-refractivity contribution is 7.99. The fraction of sp³-hybridized carbons (Fsp3) is 0.316. The van der Waals surface area contributed by atoms with Gasteiger partial charge in [0.2, 0.25) is 0 Å². The molecule has 0 saturated carbocycles. The zero-order valence-electron chi connectivity index (χ0n) is 14.4. The minimum atomic E-state index is -0.303. The van der Waals surface area contributed by atoms with Crippen molar-refractivity contribution in [2.45, 2.75) is 22.8 Å². The lowest BCUT2D eigenvalue weighted by molar-refractivity contribution is 0.0600. The number of methoxy groups -OCH3 is 1. The summed E-state index contributed by atoms with van der Waals surface area (Å²) in [5.41, 5.74) is 2.83. The Kier molecular flexibility index (Phi) is 4.83. The maximum atomic E-state index is 11.9. The molecule has 0 spiro atoms. The van der Waals surface area contributed by atoms with Crippen molar-refractivity contribution in [3.05, 3.63) is 48.0 Å². The molecule has 0 saturated heterocycles. The Morgan fingerprint density at radius 2 is 1.88 bits per heavy atom. The third-order valence-corrected chi connectivity index (χ3v) is 5.51. The summed E-state index contributed by atoms with van der Waals surface area (Å²) in [5, 5.41) is 0. The number of likely N-dealkylation sites (N-methyl/N-ethyl adjacent to an activating group) is 1. The van der Waals surface area contributed by atoms with Crippen LogP contribution in [0.5, 0.6) is 0 Å². The van der Waals surface area contributed by atoms with Gasteiger partial charge in [-0.2, -0.15) is 0 Å². The molecule has 1 aliphatic heterocycles. The molecule has 0 amide bonds. The monoisotopic (exact) mass is 342 g/mol. The molecule has 4 nitrogen and oxygen atoms in total. The van der Waals surface area contributed by atoms with Crippen LogP contribution in [0.25, 0.3) is 0 Å². The van der Waals surface area contributed by atoms with Crippen molar-refractivity contribution in [3.8, 4) is 0 Å². The quantitative estimate of drug-likeness (QED) is 0.784. The summed E-state index contributed by atoms with van der Waals surface area (Å²) < 4.78 is 4.88. The Morgan fingerprint density at radius 3 is 2.58 bits per heavy atom. The molecule has 5 heteroatoms. The van der Waals surface area contributed by atoms with Crippen LogP contribution in [0.2, 0.25) is 0 Å². The van der Waals surface area contributed by atoms with Gasteiger partial charge >= 0.3 is 5.97 Å². The highest BCUT2D eigenvalue weighted by Crippen LogP contribution is 2.48. The topological polar surface area (TPSA) is 32.8 Å². The Hall–Kier alpha value is -1.98. The average Bonchev–Trinajstić information content (AvgIpc) is 2.60. The fourth-order valence-electron chi connectivity index (χ4n) is 2.70. The van der Waals surface area contributed by atoms with E-state index in [0.717, 1.165) is 17.1 Å². The van der Waals surface area contributed by atoms with E-state index in [1.54, 1.807) is 11.8 Å². The normalized spacial score (nSPS) is 14.1. The van der Waals surface area contributed by atoms with Crippen LogP contribution in [0.15, 0.2) is 52.3 Å². The molecule has 1 heterocycles. The van der Waals surface area contributed by atoms with Gasteiger partial charge in [-0.3, -0.25) is 0 Å². The lowest BCUT2D eigenvalue weighted by Gasteiger charge is -2.36. The lowest BCUT2D eigenvalue weighted by Crippen LogP contribution is -2.37. The first-order valence-corrected chi connectivity index (χ1v) is 8.76.